The predicted molar refractivity (Wildman–Crippen MR) is 70.2 cm³/mol. The van der Waals surface area contributed by atoms with E-state index < -0.39 is 5.92 Å². The molecule has 2 aromatic rings. The second-order valence-corrected chi connectivity index (χ2v) is 3.81. The predicted octanol–water partition coefficient (Wildman–Crippen LogP) is 2.73. The van der Waals surface area contributed by atoms with Crippen LogP contribution >= 0.6 is 0 Å². The number of aromatic hydroxyl groups is 1. The normalized spacial score (nSPS) is 11.1. The molecule has 0 aliphatic heterocycles. The van der Waals surface area contributed by atoms with E-state index in [1.807, 2.05) is 30.3 Å². The average Bonchev–Trinajstić information content (AvgIpc) is 2.42. The van der Waals surface area contributed by atoms with Crippen molar-refractivity contribution in [2.24, 2.45) is 0 Å². The molecule has 2 aromatic carbocycles. The van der Waals surface area contributed by atoms with Gasteiger partial charge >= 0.3 is 0 Å². The minimum Gasteiger partial charge on any atom is -0.507 e. The lowest BCUT2D eigenvalue weighted by Crippen LogP contribution is -1.96. The van der Waals surface area contributed by atoms with E-state index in [0.29, 0.717) is 5.56 Å². The van der Waals surface area contributed by atoms with Gasteiger partial charge in [-0.2, -0.15) is 0 Å². The summed E-state index contributed by atoms with van der Waals surface area (Å²) in [4.78, 5) is 11.0. The first-order chi connectivity index (χ1) is 8.81. The van der Waals surface area contributed by atoms with Crippen molar-refractivity contribution in [3.8, 4) is 17.6 Å². The molecule has 0 heterocycles. The van der Waals surface area contributed by atoms with E-state index in [1.165, 1.54) is 0 Å². The second-order valence-electron chi connectivity index (χ2n) is 3.81. The van der Waals surface area contributed by atoms with Gasteiger partial charge in [0.1, 0.15) is 18.0 Å². The van der Waals surface area contributed by atoms with Crippen LogP contribution in [0.4, 0.5) is 0 Å². The van der Waals surface area contributed by atoms with Crippen LogP contribution in [0.1, 0.15) is 17.0 Å². The van der Waals surface area contributed by atoms with Gasteiger partial charge in [-0.1, -0.05) is 54.3 Å². The van der Waals surface area contributed by atoms with Crippen LogP contribution < -0.4 is 0 Å². The molecule has 0 saturated heterocycles. The van der Waals surface area contributed by atoms with E-state index in [2.05, 4.69) is 11.8 Å². The number of phenols is 1. The molecule has 0 aliphatic rings. The van der Waals surface area contributed by atoms with Gasteiger partial charge in [-0.15, -0.1) is 0 Å². The number of aldehydes is 1. The molecule has 2 nitrogen and oxygen atoms in total. The molecular weight excluding hydrogens is 224 g/mol. The number of rotatable bonds is 2. The number of benzene rings is 2. The Morgan fingerprint density at radius 3 is 2.33 bits per heavy atom. The van der Waals surface area contributed by atoms with Gasteiger partial charge < -0.3 is 9.90 Å². The first-order valence-corrected chi connectivity index (χ1v) is 5.61. The Morgan fingerprint density at radius 1 is 1.00 bits per heavy atom. The summed E-state index contributed by atoms with van der Waals surface area (Å²) in [6.45, 7) is 0. The molecule has 0 radical (unpaired) electrons. The molecular formula is C16H12O2. The van der Waals surface area contributed by atoms with Gasteiger partial charge in [-0.05, 0) is 17.7 Å². The third-order valence-electron chi connectivity index (χ3n) is 2.56. The smallest absolute Gasteiger partial charge is 0.139 e. The lowest BCUT2D eigenvalue weighted by molar-refractivity contribution is -0.108. The first-order valence-electron chi connectivity index (χ1n) is 5.61. The van der Waals surface area contributed by atoms with Crippen LogP contribution in [0.3, 0.4) is 0 Å². The van der Waals surface area contributed by atoms with E-state index >= 15 is 0 Å². The summed E-state index contributed by atoms with van der Waals surface area (Å²) in [6.07, 6.45) is 0.808. The third-order valence-corrected chi connectivity index (χ3v) is 2.56. The molecule has 0 aliphatic carbocycles. The Hall–Kier alpha value is -2.53. The molecule has 0 aromatic heterocycles. The Balaban J connectivity index is 2.28. The van der Waals surface area contributed by atoms with Crippen molar-refractivity contribution in [1.29, 1.82) is 0 Å². The monoisotopic (exact) mass is 236 g/mol. The van der Waals surface area contributed by atoms with E-state index in [9.17, 15) is 9.90 Å². The van der Waals surface area contributed by atoms with E-state index in [4.69, 9.17) is 0 Å². The SMILES string of the molecule is O=CC(C#Cc1ccccc1O)c1ccccc1. The van der Waals surface area contributed by atoms with Crippen LogP contribution in [0.2, 0.25) is 0 Å². The zero-order valence-electron chi connectivity index (χ0n) is 9.71. The number of carbonyl (C=O) groups excluding carboxylic acids is 1. The topological polar surface area (TPSA) is 37.3 Å². The zero-order chi connectivity index (χ0) is 12.8. The molecule has 88 valence electrons. The number of hydrogen-bond acceptors (Lipinski definition) is 2. The average molecular weight is 236 g/mol. The fraction of sp³-hybridized carbons (Fsp3) is 0.0625. The van der Waals surface area contributed by atoms with Crippen LogP contribution in [-0.2, 0) is 4.79 Å². The van der Waals surface area contributed by atoms with E-state index in [1.54, 1.807) is 24.3 Å². The second kappa shape index (κ2) is 5.70. The van der Waals surface area contributed by atoms with Crippen LogP contribution in [0.15, 0.2) is 54.6 Å². The quantitative estimate of drug-likeness (QED) is 0.643. The van der Waals surface area contributed by atoms with Gasteiger partial charge in [0, 0.05) is 0 Å². The van der Waals surface area contributed by atoms with Gasteiger partial charge in [0.15, 0.2) is 0 Å². The number of phenolic OH excluding ortho intramolecular Hbond substituents is 1. The number of hydrogen-bond donors (Lipinski definition) is 1. The van der Waals surface area contributed by atoms with Gasteiger partial charge in [0.05, 0.1) is 5.56 Å². The van der Waals surface area contributed by atoms with Crippen molar-refractivity contribution in [2.75, 3.05) is 0 Å². The maximum absolute atomic E-state index is 11.0. The highest BCUT2D eigenvalue weighted by atomic mass is 16.3. The highest BCUT2D eigenvalue weighted by molar-refractivity contribution is 5.68. The molecule has 0 fully saturated rings. The van der Waals surface area contributed by atoms with Crippen molar-refractivity contribution in [3.05, 3.63) is 65.7 Å². The summed E-state index contributed by atoms with van der Waals surface area (Å²) in [5, 5.41) is 9.58. The van der Waals surface area contributed by atoms with Crippen molar-refractivity contribution in [1.82, 2.24) is 0 Å². The molecule has 1 N–H and O–H groups in total. The van der Waals surface area contributed by atoms with Crippen molar-refractivity contribution in [3.63, 3.8) is 0 Å². The minimum atomic E-state index is -0.467. The number of para-hydroxylation sites is 1. The summed E-state index contributed by atoms with van der Waals surface area (Å²) in [7, 11) is 0. The summed E-state index contributed by atoms with van der Waals surface area (Å²) in [6, 6.07) is 16.2. The molecule has 18 heavy (non-hydrogen) atoms. The summed E-state index contributed by atoms with van der Waals surface area (Å²) >= 11 is 0. The summed E-state index contributed by atoms with van der Waals surface area (Å²) in [5.41, 5.74) is 1.38. The van der Waals surface area contributed by atoms with Crippen molar-refractivity contribution < 1.29 is 9.90 Å². The van der Waals surface area contributed by atoms with Crippen molar-refractivity contribution >= 4 is 6.29 Å². The lowest BCUT2D eigenvalue weighted by Gasteiger charge is -2.02. The van der Waals surface area contributed by atoms with Crippen LogP contribution in [0, 0.1) is 11.8 Å². The van der Waals surface area contributed by atoms with Gasteiger partial charge in [0.25, 0.3) is 0 Å². The number of carbonyl (C=O) groups is 1. The van der Waals surface area contributed by atoms with Crippen molar-refractivity contribution in [2.45, 2.75) is 5.92 Å². The fourth-order valence-corrected chi connectivity index (χ4v) is 1.59. The molecule has 0 saturated carbocycles. The maximum Gasteiger partial charge on any atom is 0.139 e. The Morgan fingerprint density at radius 2 is 1.67 bits per heavy atom. The van der Waals surface area contributed by atoms with Crippen LogP contribution in [0.5, 0.6) is 5.75 Å². The fourth-order valence-electron chi connectivity index (χ4n) is 1.59. The van der Waals surface area contributed by atoms with E-state index in [-0.39, 0.29) is 5.75 Å². The highest BCUT2D eigenvalue weighted by Crippen LogP contribution is 2.16. The molecule has 2 heteroatoms. The van der Waals surface area contributed by atoms with Gasteiger partial charge in [-0.3, -0.25) is 0 Å². The zero-order valence-corrected chi connectivity index (χ0v) is 9.71. The Kier molecular flexibility index (Phi) is 3.78. The van der Waals surface area contributed by atoms with Crippen LogP contribution in [-0.4, -0.2) is 11.4 Å². The maximum atomic E-state index is 11.0. The Labute approximate surface area is 106 Å². The summed E-state index contributed by atoms with van der Waals surface area (Å²) in [5.74, 6) is 5.36. The van der Waals surface area contributed by atoms with Gasteiger partial charge in [-0.25, -0.2) is 0 Å². The first kappa shape index (κ1) is 11.9. The van der Waals surface area contributed by atoms with Gasteiger partial charge in [0.2, 0.25) is 0 Å². The minimum absolute atomic E-state index is 0.128. The molecule has 1 atom stereocenters. The molecule has 0 bridgehead atoms. The summed E-state index contributed by atoms with van der Waals surface area (Å²) < 4.78 is 0. The third kappa shape index (κ3) is 2.78. The molecule has 2 rings (SSSR count). The highest BCUT2D eigenvalue weighted by Gasteiger charge is 2.05. The molecule has 0 amide bonds. The standard InChI is InChI=1S/C16H12O2/c17-12-15(13-6-2-1-3-7-13)11-10-14-8-4-5-9-16(14)18/h1-9,12,15,18H. The molecule has 1 unspecified atom stereocenters. The lowest BCUT2D eigenvalue weighted by atomic mass is 10.0. The Bertz CT molecular complexity index is 591. The van der Waals surface area contributed by atoms with Crippen LogP contribution in [0.25, 0.3) is 0 Å². The van der Waals surface area contributed by atoms with E-state index in [0.717, 1.165) is 11.8 Å². The molecule has 0 spiro atoms. The largest absolute Gasteiger partial charge is 0.507 e.